The molecule has 6 nitrogen and oxygen atoms in total. The summed E-state index contributed by atoms with van der Waals surface area (Å²) in [6, 6.07) is 14.0. The van der Waals surface area contributed by atoms with Gasteiger partial charge in [-0.25, -0.2) is 4.98 Å². The highest BCUT2D eigenvalue weighted by Crippen LogP contribution is 2.25. The number of aryl methyl sites for hydroxylation is 2. The molecule has 2 aromatic rings. The Morgan fingerprint density at radius 1 is 1.12 bits per heavy atom. The van der Waals surface area contributed by atoms with Gasteiger partial charge in [0.25, 0.3) is 0 Å². The smallest absolute Gasteiger partial charge is 0.223 e. The quantitative estimate of drug-likeness (QED) is 0.637. The van der Waals surface area contributed by atoms with Crippen LogP contribution in [0.25, 0.3) is 0 Å². The second-order valence-corrected chi connectivity index (χ2v) is 9.16. The largest absolute Gasteiger partial charge is 0.477 e. The van der Waals surface area contributed by atoms with E-state index >= 15 is 0 Å². The Kier molecular flexibility index (Phi) is 7.40. The fourth-order valence-corrected chi connectivity index (χ4v) is 4.66. The molecule has 6 heteroatoms. The van der Waals surface area contributed by atoms with Crippen molar-refractivity contribution in [3.05, 3.63) is 59.8 Å². The molecule has 32 heavy (non-hydrogen) atoms. The number of rotatable bonds is 8. The first-order chi connectivity index (χ1) is 15.6. The molecule has 0 saturated carbocycles. The molecule has 1 aromatic heterocycles. The lowest BCUT2D eigenvalue weighted by Gasteiger charge is -2.34. The van der Waals surface area contributed by atoms with Gasteiger partial charge in [0.15, 0.2) is 0 Å². The molecule has 0 spiro atoms. The molecular formula is C26H33N3O3. The van der Waals surface area contributed by atoms with Crippen molar-refractivity contribution in [2.75, 3.05) is 32.8 Å². The Hall–Kier alpha value is -2.89. The van der Waals surface area contributed by atoms with E-state index in [0.29, 0.717) is 31.2 Å². The highest BCUT2D eigenvalue weighted by Gasteiger charge is 2.33. The minimum Gasteiger partial charge on any atom is -0.477 e. The average Bonchev–Trinajstić information content (AvgIpc) is 3.16. The van der Waals surface area contributed by atoms with Gasteiger partial charge in [0, 0.05) is 57.2 Å². The maximum atomic E-state index is 12.6. The van der Waals surface area contributed by atoms with Crippen LogP contribution in [-0.2, 0) is 16.0 Å². The summed E-state index contributed by atoms with van der Waals surface area (Å²) in [5, 5.41) is 0. The maximum Gasteiger partial charge on any atom is 0.223 e. The van der Waals surface area contributed by atoms with Crippen molar-refractivity contribution in [1.82, 2.24) is 14.8 Å². The molecule has 2 aliphatic heterocycles. The lowest BCUT2D eigenvalue weighted by molar-refractivity contribution is -0.133. The summed E-state index contributed by atoms with van der Waals surface area (Å²) in [4.78, 5) is 33.3. The van der Waals surface area contributed by atoms with Gasteiger partial charge in [-0.15, -0.1) is 0 Å². The van der Waals surface area contributed by atoms with E-state index in [4.69, 9.17) is 4.74 Å². The molecule has 2 amide bonds. The van der Waals surface area contributed by atoms with Crippen LogP contribution in [0, 0.1) is 18.8 Å². The Morgan fingerprint density at radius 3 is 2.66 bits per heavy atom. The van der Waals surface area contributed by atoms with Gasteiger partial charge < -0.3 is 14.5 Å². The van der Waals surface area contributed by atoms with E-state index in [1.165, 1.54) is 5.56 Å². The van der Waals surface area contributed by atoms with Crippen LogP contribution in [0.2, 0.25) is 0 Å². The number of carbonyl (C=O) groups excluding carboxylic acids is 2. The lowest BCUT2D eigenvalue weighted by atomic mass is 9.95. The molecular weight excluding hydrogens is 402 g/mol. The molecule has 1 unspecified atom stereocenters. The number of pyridine rings is 1. The molecule has 0 aliphatic carbocycles. The zero-order valence-electron chi connectivity index (χ0n) is 18.9. The van der Waals surface area contributed by atoms with Crippen molar-refractivity contribution in [2.24, 2.45) is 11.8 Å². The normalized spacial score (nSPS) is 19.4. The van der Waals surface area contributed by atoms with E-state index in [0.717, 1.165) is 51.0 Å². The van der Waals surface area contributed by atoms with Gasteiger partial charge in [-0.2, -0.15) is 0 Å². The monoisotopic (exact) mass is 435 g/mol. The van der Waals surface area contributed by atoms with E-state index in [1.807, 2.05) is 47.1 Å². The third-order valence-electron chi connectivity index (χ3n) is 6.57. The second-order valence-electron chi connectivity index (χ2n) is 9.16. The number of ether oxygens (including phenoxy) is 1. The summed E-state index contributed by atoms with van der Waals surface area (Å²) in [5.74, 6) is 1.77. The van der Waals surface area contributed by atoms with Crippen LogP contribution in [0.3, 0.4) is 0 Å². The molecule has 2 saturated heterocycles. The molecule has 0 bridgehead atoms. The molecule has 3 heterocycles. The molecule has 1 aromatic carbocycles. The topological polar surface area (TPSA) is 62.7 Å². The third kappa shape index (κ3) is 6.09. The zero-order chi connectivity index (χ0) is 22.3. The fourth-order valence-electron chi connectivity index (χ4n) is 4.66. The van der Waals surface area contributed by atoms with E-state index in [-0.39, 0.29) is 17.7 Å². The zero-order valence-corrected chi connectivity index (χ0v) is 18.9. The van der Waals surface area contributed by atoms with Crippen LogP contribution in [0.15, 0.2) is 48.7 Å². The van der Waals surface area contributed by atoms with Crippen LogP contribution < -0.4 is 4.74 Å². The minimum atomic E-state index is 0.212. The predicted octanol–water partition coefficient (Wildman–Crippen LogP) is 3.49. The molecule has 2 aliphatic rings. The predicted molar refractivity (Wildman–Crippen MR) is 123 cm³/mol. The first-order valence-corrected chi connectivity index (χ1v) is 11.7. The van der Waals surface area contributed by atoms with Crippen molar-refractivity contribution in [3.63, 3.8) is 0 Å². The van der Waals surface area contributed by atoms with Gasteiger partial charge in [0.1, 0.15) is 0 Å². The highest BCUT2D eigenvalue weighted by atomic mass is 16.5. The Balaban J connectivity index is 1.17. The molecule has 4 rings (SSSR count). The number of likely N-dealkylation sites (tertiary alicyclic amines) is 2. The van der Waals surface area contributed by atoms with Crippen molar-refractivity contribution in [3.8, 4) is 5.88 Å². The summed E-state index contributed by atoms with van der Waals surface area (Å²) in [5.41, 5.74) is 2.32. The van der Waals surface area contributed by atoms with Crippen LogP contribution in [0.1, 0.15) is 36.8 Å². The standard InChI is InChI=1S/C26H33N3O3/c1-20-9-12-27-24(15-20)32-19-23-16-26(31)29(18-23)17-22-10-13-28(14-11-22)25(30)8-7-21-5-3-2-4-6-21/h2-6,9,12,15,22-23H,7-8,10-11,13-14,16-19H2,1H3. The number of hydrogen-bond donors (Lipinski definition) is 0. The van der Waals surface area contributed by atoms with Crippen LogP contribution >= 0.6 is 0 Å². The molecule has 170 valence electrons. The van der Waals surface area contributed by atoms with Crippen LogP contribution in [0.5, 0.6) is 5.88 Å². The van der Waals surface area contributed by atoms with E-state index in [9.17, 15) is 9.59 Å². The second kappa shape index (κ2) is 10.6. The van der Waals surface area contributed by atoms with Gasteiger partial charge in [0.2, 0.25) is 17.7 Å². The average molecular weight is 436 g/mol. The van der Waals surface area contributed by atoms with Gasteiger partial charge in [-0.1, -0.05) is 30.3 Å². The first-order valence-electron chi connectivity index (χ1n) is 11.7. The van der Waals surface area contributed by atoms with E-state index in [2.05, 4.69) is 17.1 Å². The SMILES string of the molecule is Cc1ccnc(OCC2CC(=O)N(CC3CCN(C(=O)CCc4ccccc4)CC3)C2)c1. The van der Waals surface area contributed by atoms with Gasteiger partial charge >= 0.3 is 0 Å². The Morgan fingerprint density at radius 2 is 1.91 bits per heavy atom. The van der Waals surface area contributed by atoms with Crippen molar-refractivity contribution >= 4 is 11.8 Å². The van der Waals surface area contributed by atoms with Crippen molar-refractivity contribution < 1.29 is 14.3 Å². The van der Waals surface area contributed by atoms with Gasteiger partial charge in [-0.05, 0) is 49.3 Å². The number of amides is 2. The minimum absolute atomic E-state index is 0.212. The molecule has 2 fully saturated rings. The molecule has 0 radical (unpaired) electrons. The lowest BCUT2D eigenvalue weighted by Crippen LogP contribution is -2.42. The number of hydrogen-bond acceptors (Lipinski definition) is 4. The summed E-state index contributed by atoms with van der Waals surface area (Å²) in [6.45, 7) is 5.67. The third-order valence-corrected chi connectivity index (χ3v) is 6.57. The number of carbonyl (C=O) groups is 2. The van der Waals surface area contributed by atoms with Crippen LogP contribution in [-0.4, -0.2) is 59.4 Å². The summed E-state index contributed by atoms with van der Waals surface area (Å²) < 4.78 is 5.82. The summed E-state index contributed by atoms with van der Waals surface area (Å²) in [7, 11) is 0. The first kappa shape index (κ1) is 22.3. The fraction of sp³-hybridized carbons (Fsp3) is 0.500. The number of nitrogens with zero attached hydrogens (tertiary/aromatic N) is 3. The molecule has 1 atom stereocenters. The van der Waals surface area contributed by atoms with E-state index < -0.39 is 0 Å². The number of aromatic nitrogens is 1. The van der Waals surface area contributed by atoms with Gasteiger partial charge in [-0.3, -0.25) is 9.59 Å². The van der Waals surface area contributed by atoms with Crippen molar-refractivity contribution in [2.45, 2.75) is 39.0 Å². The highest BCUT2D eigenvalue weighted by molar-refractivity contribution is 5.78. The van der Waals surface area contributed by atoms with Gasteiger partial charge in [0.05, 0.1) is 6.61 Å². The Labute approximate surface area is 190 Å². The summed E-state index contributed by atoms with van der Waals surface area (Å²) >= 11 is 0. The van der Waals surface area contributed by atoms with E-state index in [1.54, 1.807) is 6.20 Å². The number of piperidine rings is 1. The maximum absolute atomic E-state index is 12.6. The van der Waals surface area contributed by atoms with Crippen molar-refractivity contribution in [1.29, 1.82) is 0 Å². The molecule has 0 N–H and O–H groups in total. The number of benzene rings is 1. The van der Waals surface area contributed by atoms with Crippen LogP contribution in [0.4, 0.5) is 0 Å². The Bertz CT molecular complexity index is 910. The summed E-state index contributed by atoms with van der Waals surface area (Å²) in [6.07, 6.45) is 5.59.